The highest BCUT2D eigenvalue weighted by Gasteiger charge is 2.34. The van der Waals surface area contributed by atoms with Crippen molar-refractivity contribution in [1.82, 2.24) is 0 Å². The second-order valence-electron chi connectivity index (χ2n) is 3.48. The molecule has 0 spiro atoms. The summed E-state index contributed by atoms with van der Waals surface area (Å²) in [4.78, 5) is 31.2. The van der Waals surface area contributed by atoms with Crippen molar-refractivity contribution >= 4 is 17.4 Å². The Bertz CT molecular complexity index is 553. The van der Waals surface area contributed by atoms with Crippen molar-refractivity contribution in [2.45, 2.75) is 12.6 Å². The standard InChI is InChI=1S/C10H6F3NO5/c11-10(12,13)5-1-2-6(7(3-5)14(18)19)8(15)4-9(16)17/h1-3H,4H2,(H,16,17). The minimum atomic E-state index is -4.79. The van der Waals surface area contributed by atoms with Gasteiger partial charge in [-0.1, -0.05) is 0 Å². The van der Waals surface area contributed by atoms with Gasteiger partial charge in [-0.3, -0.25) is 19.7 Å². The second-order valence-corrected chi connectivity index (χ2v) is 3.48. The quantitative estimate of drug-likeness (QED) is 0.394. The van der Waals surface area contributed by atoms with Gasteiger partial charge in [-0.05, 0) is 12.1 Å². The number of nitro benzene ring substituents is 1. The van der Waals surface area contributed by atoms with E-state index in [1.54, 1.807) is 0 Å². The van der Waals surface area contributed by atoms with Crippen LogP contribution in [0.5, 0.6) is 0 Å². The average Bonchev–Trinajstić information content (AvgIpc) is 2.25. The number of nitro groups is 1. The molecule has 0 saturated carbocycles. The summed E-state index contributed by atoms with van der Waals surface area (Å²) < 4.78 is 37.1. The summed E-state index contributed by atoms with van der Waals surface area (Å²) in [5.41, 5.74) is -3.02. The number of halogens is 3. The number of hydrogen-bond acceptors (Lipinski definition) is 4. The van der Waals surface area contributed by atoms with E-state index < -0.39 is 46.1 Å². The summed E-state index contributed by atoms with van der Waals surface area (Å²) >= 11 is 0. The third-order valence-corrected chi connectivity index (χ3v) is 2.13. The Kier molecular flexibility index (Phi) is 3.88. The smallest absolute Gasteiger partial charge is 0.416 e. The van der Waals surface area contributed by atoms with Crippen LogP contribution in [0.4, 0.5) is 18.9 Å². The Morgan fingerprint density at radius 1 is 1.32 bits per heavy atom. The van der Waals surface area contributed by atoms with Gasteiger partial charge in [-0.2, -0.15) is 13.2 Å². The Hall–Kier alpha value is -2.45. The van der Waals surface area contributed by atoms with E-state index in [-0.39, 0.29) is 6.07 Å². The fourth-order valence-electron chi connectivity index (χ4n) is 1.33. The van der Waals surface area contributed by atoms with Gasteiger partial charge in [-0.15, -0.1) is 0 Å². The lowest BCUT2D eigenvalue weighted by molar-refractivity contribution is -0.385. The molecule has 0 aliphatic rings. The molecule has 0 saturated heterocycles. The fourth-order valence-corrected chi connectivity index (χ4v) is 1.33. The zero-order valence-corrected chi connectivity index (χ0v) is 9.10. The van der Waals surface area contributed by atoms with Crippen LogP contribution in [-0.2, 0) is 11.0 Å². The van der Waals surface area contributed by atoms with Gasteiger partial charge >= 0.3 is 12.1 Å². The Balaban J connectivity index is 3.31. The van der Waals surface area contributed by atoms with Gasteiger partial charge in [0.1, 0.15) is 6.42 Å². The van der Waals surface area contributed by atoms with E-state index in [0.717, 1.165) is 0 Å². The SMILES string of the molecule is O=C(O)CC(=O)c1ccc(C(F)(F)F)cc1[N+](=O)[O-]. The van der Waals surface area contributed by atoms with Crippen molar-refractivity contribution in [2.75, 3.05) is 0 Å². The van der Waals surface area contributed by atoms with E-state index in [1.165, 1.54) is 0 Å². The molecule has 0 aromatic heterocycles. The predicted molar refractivity (Wildman–Crippen MR) is 54.7 cm³/mol. The van der Waals surface area contributed by atoms with E-state index >= 15 is 0 Å². The molecule has 102 valence electrons. The molecule has 9 heteroatoms. The Labute approximate surface area is 103 Å². The first-order valence-electron chi connectivity index (χ1n) is 4.73. The van der Waals surface area contributed by atoms with Crippen molar-refractivity contribution < 1.29 is 32.8 Å². The van der Waals surface area contributed by atoms with Gasteiger partial charge in [0, 0.05) is 6.07 Å². The summed E-state index contributed by atoms with van der Waals surface area (Å²) in [5, 5.41) is 19.0. The number of carboxylic acids is 1. The molecule has 1 aromatic rings. The minimum absolute atomic E-state index is 0.203. The van der Waals surface area contributed by atoms with Gasteiger partial charge in [-0.25, -0.2) is 0 Å². The van der Waals surface area contributed by atoms with Gasteiger partial charge in [0.15, 0.2) is 5.78 Å². The maximum absolute atomic E-state index is 12.4. The number of benzene rings is 1. The van der Waals surface area contributed by atoms with E-state index in [9.17, 15) is 32.9 Å². The zero-order valence-electron chi connectivity index (χ0n) is 9.10. The monoisotopic (exact) mass is 277 g/mol. The normalized spacial score (nSPS) is 11.1. The molecule has 0 unspecified atom stereocenters. The van der Waals surface area contributed by atoms with Gasteiger partial charge in [0.25, 0.3) is 5.69 Å². The maximum Gasteiger partial charge on any atom is 0.416 e. The summed E-state index contributed by atoms with van der Waals surface area (Å²) in [6.07, 6.45) is -5.83. The minimum Gasteiger partial charge on any atom is -0.481 e. The summed E-state index contributed by atoms with van der Waals surface area (Å²) in [7, 11) is 0. The van der Waals surface area contributed by atoms with E-state index in [2.05, 4.69) is 0 Å². The fraction of sp³-hybridized carbons (Fsp3) is 0.200. The lowest BCUT2D eigenvalue weighted by Gasteiger charge is -2.07. The highest BCUT2D eigenvalue weighted by molar-refractivity contribution is 6.07. The van der Waals surface area contributed by atoms with Crippen LogP contribution in [0.1, 0.15) is 22.3 Å². The molecule has 0 amide bonds. The first kappa shape index (κ1) is 14.6. The third-order valence-electron chi connectivity index (χ3n) is 2.13. The molecular formula is C10H6F3NO5. The maximum atomic E-state index is 12.4. The number of alkyl halides is 3. The molecule has 0 atom stereocenters. The van der Waals surface area contributed by atoms with Crippen molar-refractivity contribution in [3.8, 4) is 0 Å². The lowest BCUT2D eigenvalue weighted by Crippen LogP contribution is -2.12. The highest BCUT2D eigenvalue weighted by Crippen LogP contribution is 2.33. The van der Waals surface area contributed by atoms with Crippen LogP contribution in [-0.4, -0.2) is 21.8 Å². The predicted octanol–water partition coefficient (Wildman–Crippen LogP) is 2.27. The van der Waals surface area contributed by atoms with Gasteiger partial charge in [0.2, 0.25) is 0 Å². The molecule has 6 nitrogen and oxygen atoms in total. The molecule has 0 radical (unpaired) electrons. The number of hydrogen-bond donors (Lipinski definition) is 1. The molecule has 0 bridgehead atoms. The molecule has 1 rings (SSSR count). The average molecular weight is 277 g/mol. The van der Waals surface area contributed by atoms with Gasteiger partial charge < -0.3 is 5.11 Å². The summed E-state index contributed by atoms with van der Waals surface area (Å²) in [6.45, 7) is 0. The van der Waals surface area contributed by atoms with Crippen LogP contribution in [0.2, 0.25) is 0 Å². The number of nitrogens with zero attached hydrogens (tertiary/aromatic N) is 1. The number of carbonyl (C=O) groups excluding carboxylic acids is 1. The van der Waals surface area contributed by atoms with Crippen molar-refractivity contribution in [2.24, 2.45) is 0 Å². The van der Waals surface area contributed by atoms with Crippen molar-refractivity contribution in [3.05, 3.63) is 39.4 Å². The second kappa shape index (κ2) is 5.04. The van der Waals surface area contributed by atoms with Crippen LogP contribution in [0.25, 0.3) is 0 Å². The van der Waals surface area contributed by atoms with Gasteiger partial charge in [0.05, 0.1) is 16.1 Å². The number of aliphatic carboxylic acids is 1. The van der Waals surface area contributed by atoms with Crippen LogP contribution in [0.3, 0.4) is 0 Å². The van der Waals surface area contributed by atoms with E-state index in [1.807, 2.05) is 0 Å². The Morgan fingerprint density at radius 3 is 2.32 bits per heavy atom. The largest absolute Gasteiger partial charge is 0.481 e. The first-order valence-corrected chi connectivity index (χ1v) is 4.73. The molecule has 1 aromatic carbocycles. The summed E-state index contributed by atoms with van der Waals surface area (Å²) in [5.74, 6) is -2.66. The number of ketones is 1. The summed E-state index contributed by atoms with van der Waals surface area (Å²) in [6, 6.07) is 1.30. The number of Topliss-reactive ketones (excluding diaryl/α,β-unsaturated/α-hetero) is 1. The third kappa shape index (κ3) is 3.50. The molecule has 0 aliphatic carbocycles. The molecular weight excluding hydrogens is 271 g/mol. The van der Waals surface area contributed by atoms with Crippen LogP contribution in [0, 0.1) is 10.1 Å². The number of rotatable bonds is 4. The van der Waals surface area contributed by atoms with Crippen LogP contribution >= 0.6 is 0 Å². The molecule has 0 aliphatic heterocycles. The molecule has 0 heterocycles. The molecule has 1 N–H and O–H groups in total. The van der Waals surface area contributed by atoms with Crippen LogP contribution in [0.15, 0.2) is 18.2 Å². The Morgan fingerprint density at radius 2 is 1.89 bits per heavy atom. The van der Waals surface area contributed by atoms with Crippen LogP contribution < -0.4 is 0 Å². The van der Waals surface area contributed by atoms with E-state index in [0.29, 0.717) is 12.1 Å². The van der Waals surface area contributed by atoms with E-state index in [4.69, 9.17) is 5.11 Å². The number of carboxylic acid groups (broad SMARTS) is 1. The highest BCUT2D eigenvalue weighted by atomic mass is 19.4. The zero-order chi connectivity index (χ0) is 14.8. The lowest BCUT2D eigenvalue weighted by atomic mass is 10.0. The number of carbonyl (C=O) groups is 2. The molecule has 19 heavy (non-hydrogen) atoms. The van der Waals surface area contributed by atoms with Crippen molar-refractivity contribution in [3.63, 3.8) is 0 Å². The first-order chi connectivity index (χ1) is 8.62. The topological polar surface area (TPSA) is 97.5 Å². The molecule has 0 fully saturated rings. The van der Waals surface area contributed by atoms with Crippen molar-refractivity contribution in [1.29, 1.82) is 0 Å².